The Balaban J connectivity index is 1.60. The lowest BCUT2D eigenvalue weighted by atomic mass is 10.1. The molecular weight excluding hydrogens is 340 g/mol. The first-order valence-electron chi connectivity index (χ1n) is 7.52. The van der Waals surface area contributed by atoms with Crippen LogP contribution in [0.3, 0.4) is 0 Å². The first kappa shape index (κ1) is 16.9. The van der Waals surface area contributed by atoms with Gasteiger partial charge in [0, 0.05) is 5.39 Å². The minimum Gasteiger partial charge on any atom is -0.483 e. The van der Waals surface area contributed by atoms with Crippen molar-refractivity contribution < 1.29 is 17.9 Å². The second-order valence-electron chi connectivity index (χ2n) is 5.23. The van der Waals surface area contributed by atoms with Crippen molar-refractivity contribution in [3.8, 4) is 5.75 Å². The van der Waals surface area contributed by atoms with Crippen LogP contribution in [0.15, 0.2) is 77.7 Å². The Hall–Kier alpha value is -2.90. The maximum atomic E-state index is 12.0. The van der Waals surface area contributed by atoms with E-state index >= 15 is 0 Å². The van der Waals surface area contributed by atoms with E-state index < -0.39 is 15.9 Å². The number of nitrogens with one attached hydrogen (secondary N) is 2. The summed E-state index contributed by atoms with van der Waals surface area (Å²) in [6.07, 6.45) is 0. The second kappa shape index (κ2) is 7.33. The monoisotopic (exact) mass is 356 g/mol. The number of hydrogen-bond acceptors (Lipinski definition) is 4. The van der Waals surface area contributed by atoms with Crippen molar-refractivity contribution in [1.82, 2.24) is 10.3 Å². The van der Waals surface area contributed by atoms with E-state index in [0.717, 1.165) is 10.8 Å². The molecule has 25 heavy (non-hydrogen) atoms. The molecule has 0 radical (unpaired) electrons. The molecule has 3 aromatic carbocycles. The smallest absolute Gasteiger partial charge is 0.272 e. The number of fused-ring (bicyclic) bond motifs is 1. The van der Waals surface area contributed by atoms with Crippen molar-refractivity contribution in [2.24, 2.45) is 0 Å². The number of rotatable bonds is 6. The largest absolute Gasteiger partial charge is 0.483 e. The van der Waals surface area contributed by atoms with E-state index in [1.54, 1.807) is 24.3 Å². The molecule has 3 rings (SSSR count). The number of carbonyl (C=O) groups excluding carboxylic acids is 1. The zero-order valence-electron chi connectivity index (χ0n) is 13.2. The highest BCUT2D eigenvalue weighted by atomic mass is 32.2. The van der Waals surface area contributed by atoms with Crippen LogP contribution in [0, 0.1) is 0 Å². The number of amides is 1. The average molecular weight is 356 g/mol. The van der Waals surface area contributed by atoms with Gasteiger partial charge in [-0.1, -0.05) is 54.6 Å². The Morgan fingerprint density at radius 3 is 2.36 bits per heavy atom. The topological polar surface area (TPSA) is 84.5 Å². The highest BCUT2D eigenvalue weighted by Gasteiger charge is 2.14. The highest BCUT2D eigenvalue weighted by molar-refractivity contribution is 7.89. The summed E-state index contributed by atoms with van der Waals surface area (Å²) < 4.78 is 29.5. The van der Waals surface area contributed by atoms with Crippen LogP contribution in [0.5, 0.6) is 5.75 Å². The van der Waals surface area contributed by atoms with Crippen molar-refractivity contribution >= 4 is 26.7 Å². The minimum absolute atomic E-state index is 0.0604. The third kappa shape index (κ3) is 4.14. The third-order valence-corrected chi connectivity index (χ3v) is 4.75. The SMILES string of the molecule is O=C(COc1cccc2ccccc12)NNS(=O)(=O)c1ccccc1. The van der Waals surface area contributed by atoms with Crippen LogP contribution < -0.4 is 15.0 Å². The van der Waals surface area contributed by atoms with Crippen LogP contribution in [0.2, 0.25) is 0 Å². The maximum absolute atomic E-state index is 12.0. The average Bonchev–Trinajstić information content (AvgIpc) is 2.65. The molecule has 128 valence electrons. The van der Waals surface area contributed by atoms with E-state index in [2.05, 4.69) is 5.43 Å². The summed E-state index contributed by atoms with van der Waals surface area (Å²) >= 11 is 0. The molecular formula is C18H16N2O4S. The molecule has 0 heterocycles. The van der Waals surface area contributed by atoms with Gasteiger partial charge in [-0.05, 0) is 23.6 Å². The predicted molar refractivity (Wildman–Crippen MR) is 94.3 cm³/mol. The second-order valence-corrected chi connectivity index (χ2v) is 6.92. The zero-order valence-corrected chi connectivity index (χ0v) is 14.0. The van der Waals surface area contributed by atoms with Crippen LogP contribution in [0.1, 0.15) is 0 Å². The van der Waals surface area contributed by atoms with Gasteiger partial charge in [-0.15, -0.1) is 4.83 Å². The fourth-order valence-electron chi connectivity index (χ4n) is 2.28. The fourth-order valence-corrected chi connectivity index (χ4v) is 3.17. The van der Waals surface area contributed by atoms with Gasteiger partial charge in [0.05, 0.1) is 4.90 Å². The lowest BCUT2D eigenvalue weighted by Crippen LogP contribution is -2.43. The molecule has 6 nitrogen and oxygen atoms in total. The Labute approximate surface area is 145 Å². The van der Waals surface area contributed by atoms with E-state index in [1.165, 1.54) is 12.1 Å². The summed E-state index contributed by atoms with van der Waals surface area (Å²) in [5.74, 6) is -0.0494. The van der Waals surface area contributed by atoms with Gasteiger partial charge in [0.15, 0.2) is 6.61 Å². The summed E-state index contributed by atoms with van der Waals surface area (Å²) in [7, 11) is -3.81. The summed E-state index contributed by atoms with van der Waals surface area (Å²) in [5, 5.41) is 1.87. The molecule has 0 atom stereocenters. The number of hydrogen-bond donors (Lipinski definition) is 2. The lowest BCUT2D eigenvalue weighted by Gasteiger charge is -2.11. The Kier molecular flexibility index (Phi) is 4.97. The van der Waals surface area contributed by atoms with Gasteiger partial charge < -0.3 is 4.74 Å². The molecule has 0 aliphatic rings. The van der Waals surface area contributed by atoms with E-state index in [1.807, 2.05) is 41.2 Å². The number of benzene rings is 3. The molecule has 0 saturated heterocycles. The first-order valence-corrected chi connectivity index (χ1v) is 9.01. The van der Waals surface area contributed by atoms with Gasteiger partial charge in [0.2, 0.25) is 0 Å². The van der Waals surface area contributed by atoms with E-state index in [9.17, 15) is 13.2 Å². The molecule has 0 aliphatic carbocycles. The van der Waals surface area contributed by atoms with Crippen LogP contribution in [0.4, 0.5) is 0 Å². The number of hydrazine groups is 1. The maximum Gasteiger partial charge on any atom is 0.272 e. The summed E-state index contributed by atoms with van der Waals surface area (Å²) in [6, 6.07) is 20.9. The normalized spacial score (nSPS) is 11.2. The number of ether oxygens (including phenoxy) is 1. The van der Waals surface area contributed by atoms with Gasteiger partial charge in [-0.2, -0.15) is 0 Å². The Bertz CT molecular complexity index is 983. The first-order chi connectivity index (χ1) is 12.1. The molecule has 0 bridgehead atoms. The Morgan fingerprint density at radius 1 is 0.880 bits per heavy atom. The van der Waals surface area contributed by atoms with Crippen LogP contribution >= 0.6 is 0 Å². The fraction of sp³-hybridized carbons (Fsp3) is 0.0556. The van der Waals surface area contributed by atoms with Gasteiger partial charge >= 0.3 is 0 Å². The molecule has 0 fully saturated rings. The van der Waals surface area contributed by atoms with Gasteiger partial charge in [-0.3, -0.25) is 10.2 Å². The van der Waals surface area contributed by atoms with Crippen molar-refractivity contribution in [3.63, 3.8) is 0 Å². The standard InChI is InChI=1S/C18H16N2O4S/c21-18(19-20-25(22,23)15-9-2-1-3-10-15)13-24-17-12-6-8-14-7-4-5-11-16(14)17/h1-12,20H,13H2,(H,19,21). The molecule has 7 heteroatoms. The van der Waals surface area contributed by atoms with Crippen molar-refractivity contribution in [2.75, 3.05) is 6.61 Å². The lowest BCUT2D eigenvalue weighted by molar-refractivity contribution is -0.123. The van der Waals surface area contributed by atoms with Crippen LogP contribution in [-0.4, -0.2) is 20.9 Å². The Morgan fingerprint density at radius 2 is 1.56 bits per heavy atom. The molecule has 0 saturated carbocycles. The molecule has 2 N–H and O–H groups in total. The zero-order chi connectivity index (χ0) is 17.7. The minimum atomic E-state index is -3.81. The highest BCUT2D eigenvalue weighted by Crippen LogP contribution is 2.24. The molecule has 0 aliphatic heterocycles. The number of carbonyl (C=O) groups is 1. The van der Waals surface area contributed by atoms with Gasteiger partial charge in [0.1, 0.15) is 5.75 Å². The van der Waals surface area contributed by atoms with Crippen molar-refractivity contribution in [3.05, 3.63) is 72.8 Å². The summed E-state index contributed by atoms with van der Waals surface area (Å²) in [4.78, 5) is 14.0. The third-order valence-electron chi connectivity index (χ3n) is 3.49. The van der Waals surface area contributed by atoms with E-state index in [0.29, 0.717) is 5.75 Å². The molecule has 0 aromatic heterocycles. The van der Waals surface area contributed by atoms with Crippen molar-refractivity contribution in [2.45, 2.75) is 4.90 Å². The molecule has 1 amide bonds. The molecule has 0 unspecified atom stereocenters. The quantitative estimate of drug-likeness (QED) is 0.664. The summed E-state index contributed by atoms with van der Waals surface area (Å²) in [6.45, 7) is -0.314. The number of sulfonamides is 1. The van der Waals surface area contributed by atoms with Crippen LogP contribution in [-0.2, 0) is 14.8 Å². The summed E-state index contributed by atoms with van der Waals surface area (Å²) in [5.41, 5.74) is 2.14. The van der Waals surface area contributed by atoms with E-state index in [-0.39, 0.29) is 11.5 Å². The van der Waals surface area contributed by atoms with Crippen LogP contribution in [0.25, 0.3) is 10.8 Å². The molecule has 3 aromatic rings. The van der Waals surface area contributed by atoms with Gasteiger partial charge in [0.25, 0.3) is 15.9 Å². The van der Waals surface area contributed by atoms with E-state index in [4.69, 9.17) is 4.74 Å². The van der Waals surface area contributed by atoms with Crippen molar-refractivity contribution in [1.29, 1.82) is 0 Å². The van der Waals surface area contributed by atoms with Gasteiger partial charge in [-0.25, -0.2) is 8.42 Å². The molecule has 0 spiro atoms. The predicted octanol–water partition coefficient (Wildman–Crippen LogP) is 2.23.